The van der Waals surface area contributed by atoms with Crippen LogP contribution in [0.1, 0.15) is 83.5 Å². The van der Waals surface area contributed by atoms with Crippen LogP contribution < -0.4 is 5.32 Å². The van der Waals surface area contributed by atoms with Crippen LogP contribution in [-0.2, 0) is 19.1 Å². The highest BCUT2D eigenvalue weighted by Gasteiger charge is 2.39. The zero-order chi connectivity index (χ0) is 20.8. The number of amides is 2. The number of carboxylic acid groups (broad SMARTS) is 1. The van der Waals surface area contributed by atoms with Crippen LogP contribution in [-0.4, -0.2) is 47.3 Å². The molecule has 1 aliphatic heterocycles. The normalized spacial score (nSPS) is 17.9. The van der Waals surface area contributed by atoms with Crippen molar-refractivity contribution in [2.45, 2.75) is 95.9 Å². The molecule has 0 spiro atoms. The Morgan fingerprint density at radius 2 is 1.68 bits per heavy atom. The number of terminal acetylenes is 1. The van der Waals surface area contributed by atoms with E-state index in [9.17, 15) is 19.5 Å². The minimum atomic E-state index is -1.07. The number of hydrogen-bond acceptors (Lipinski definition) is 4. The van der Waals surface area contributed by atoms with Gasteiger partial charge >= 0.3 is 5.97 Å². The summed E-state index contributed by atoms with van der Waals surface area (Å²) in [5, 5.41) is 12.0. The van der Waals surface area contributed by atoms with E-state index in [1.807, 2.05) is 0 Å². The Morgan fingerprint density at radius 1 is 1.14 bits per heavy atom. The average molecular weight is 395 g/mol. The van der Waals surface area contributed by atoms with Crippen LogP contribution in [0.3, 0.4) is 0 Å². The van der Waals surface area contributed by atoms with E-state index >= 15 is 0 Å². The molecule has 28 heavy (non-hydrogen) atoms. The van der Waals surface area contributed by atoms with Crippen molar-refractivity contribution in [2.75, 3.05) is 7.11 Å². The second-order valence-corrected chi connectivity index (χ2v) is 7.27. The van der Waals surface area contributed by atoms with Gasteiger partial charge in [-0.3, -0.25) is 14.5 Å². The maximum atomic E-state index is 12.2. The summed E-state index contributed by atoms with van der Waals surface area (Å²) in [4.78, 5) is 36.4. The lowest BCUT2D eigenvalue weighted by Gasteiger charge is -2.38. The standard InChI is InChI=1S/C21H34N2O5/c1-3-4-5-6-7-8-9-10-11-12-13-14-15-17(20(26)27)23-19(25)16-18(24)22-21(23)28-2/h1,17,21H,4-16H2,2H3,(H,22,24)(H,26,27). The van der Waals surface area contributed by atoms with E-state index in [0.29, 0.717) is 6.42 Å². The molecule has 0 radical (unpaired) electrons. The van der Waals surface area contributed by atoms with Crippen molar-refractivity contribution >= 4 is 17.8 Å². The third-order valence-corrected chi connectivity index (χ3v) is 5.03. The molecule has 1 aliphatic rings. The predicted molar refractivity (Wildman–Crippen MR) is 106 cm³/mol. The van der Waals surface area contributed by atoms with E-state index in [2.05, 4.69) is 11.2 Å². The van der Waals surface area contributed by atoms with E-state index in [0.717, 1.165) is 43.4 Å². The van der Waals surface area contributed by atoms with Crippen LogP contribution in [0.5, 0.6) is 0 Å². The Labute approximate surface area is 168 Å². The van der Waals surface area contributed by atoms with Gasteiger partial charge in [-0.05, 0) is 12.8 Å². The van der Waals surface area contributed by atoms with Gasteiger partial charge in [-0.2, -0.15) is 0 Å². The summed E-state index contributed by atoms with van der Waals surface area (Å²) in [5.74, 6) is 0.628. The van der Waals surface area contributed by atoms with Gasteiger partial charge in [0.25, 0.3) is 0 Å². The number of carbonyl (C=O) groups excluding carboxylic acids is 2. The first-order valence-electron chi connectivity index (χ1n) is 10.3. The molecule has 0 saturated carbocycles. The molecule has 7 nitrogen and oxygen atoms in total. The quantitative estimate of drug-likeness (QED) is 0.253. The third-order valence-electron chi connectivity index (χ3n) is 5.03. The van der Waals surface area contributed by atoms with Crippen molar-refractivity contribution in [1.29, 1.82) is 0 Å². The van der Waals surface area contributed by atoms with Gasteiger partial charge in [-0.1, -0.05) is 57.8 Å². The SMILES string of the molecule is C#CCCCCCCCCCCCCC(C(=O)O)N1C(=O)CC(=O)NC1OC. The number of carbonyl (C=O) groups is 3. The molecule has 2 amide bonds. The Kier molecular flexibility index (Phi) is 12.0. The molecule has 2 N–H and O–H groups in total. The van der Waals surface area contributed by atoms with Gasteiger partial charge in [0.1, 0.15) is 12.5 Å². The lowest BCUT2D eigenvalue weighted by atomic mass is 10.0. The van der Waals surface area contributed by atoms with Gasteiger partial charge in [0.15, 0.2) is 0 Å². The average Bonchev–Trinajstić information content (AvgIpc) is 2.65. The van der Waals surface area contributed by atoms with Crippen molar-refractivity contribution < 1.29 is 24.2 Å². The molecule has 0 bridgehead atoms. The molecule has 0 aromatic carbocycles. The van der Waals surface area contributed by atoms with Crippen molar-refractivity contribution in [1.82, 2.24) is 10.2 Å². The lowest BCUT2D eigenvalue weighted by molar-refractivity contribution is -0.174. The monoisotopic (exact) mass is 394 g/mol. The van der Waals surface area contributed by atoms with Crippen LogP contribution in [0.4, 0.5) is 0 Å². The van der Waals surface area contributed by atoms with Gasteiger partial charge in [0.2, 0.25) is 18.2 Å². The van der Waals surface area contributed by atoms with E-state index in [-0.39, 0.29) is 6.42 Å². The molecule has 158 valence electrons. The summed E-state index contributed by atoms with van der Waals surface area (Å²) in [6.07, 6.45) is 16.2. The molecule has 1 fully saturated rings. The number of nitrogens with one attached hydrogen (secondary N) is 1. The Hall–Kier alpha value is -2.07. The number of ether oxygens (including phenoxy) is 1. The number of methoxy groups -OCH3 is 1. The Bertz CT molecular complexity index is 543. The maximum absolute atomic E-state index is 12.2. The fraction of sp³-hybridized carbons (Fsp3) is 0.762. The largest absolute Gasteiger partial charge is 0.480 e. The van der Waals surface area contributed by atoms with Gasteiger partial charge in [-0.25, -0.2) is 4.79 Å². The zero-order valence-electron chi connectivity index (χ0n) is 17.0. The molecular weight excluding hydrogens is 360 g/mol. The molecule has 7 heteroatoms. The topological polar surface area (TPSA) is 95.9 Å². The molecule has 1 rings (SSSR count). The summed E-state index contributed by atoms with van der Waals surface area (Å²) in [7, 11) is 1.34. The molecule has 2 unspecified atom stereocenters. The van der Waals surface area contributed by atoms with Crippen molar-refractivity contribution in [3.05, 3.63) is 0 Å². The second kappa shape index (κ2) is 14.0. The van der Waals surface area contributed by atoms with Crippen molar-refractivity contribution in [3.63, 3.8) is 0 Å². The van der Waals surface area contributed by atoms with Crippen LogP contribution >= 0.6 is 0 Å². The van der Waals surface area contributed by atoms with Gasteiger partial charge < -0.3 is 15.2 Å². The van der Waals surface area contributed by atoms with E-state index in [1.165, 1.54) is 39.2 Å². The van der Waals surface area contributed by atoms with E-state index in [1.54, 1.807) is 0 Å². The highest BCUT2D eigenvalue weighted by atomic mass is 16.5. The van der Waals surface area contributed by atoms with Crippen LogP contribution in [0.2, 0.25) is 0 Å². The first-order chi connectivity index (χ1) is 13.5. The van der Waals surface area contributed by atoms with E-state index < -0.39 is 30.2 Å². The highest BCUT2D eigenvalue weighted by molar-refractivity contribution is 6.00. The summed E-state index contributed by atoms with van der Waals surface area (Å²) in [6, 6.07) is -0.985. The number of nitrogens with zero attached hydrogens (tertiary/aromatic N) is 1. The molecule has 2 atom stereocenters. The summed E-state index contributed by atoms with van der Waals surface area (Å²) < 4.78 is 5.09. The fourth-order valence-corrected chi connectivity index (χ4v) is 3.49. The molecular formula is C21H34N2O5. The zero-order valence-corrected chi connectivity index (χ0v) is 17.0. The number of rotatable bonds is 15. The van der Waals surface area contributed by atoms with Crippen LogP contribution in [0.25, 0.3) is 0 Å². The molecule has 0 aromatic heterocycles. The molecule has 1 saturated heterocycles. The van der Waals surface area contributed by atoms with Crippen LogP contribution in [0, 0.1) is 12.3 Å². The van der Waals surface area contributed by atoms with Gasteiger partial charge in [-0.15, -0.1) is 12.3 Å². The molecule has 1 heterocycles. The summed E-state index contributed by atoms with van der Waals surface area (Å²) in [5.41, 5.74) is 0. The molecule has 0 aromatic rings. The first-order valence-corrected chi connectivity index (χ1v) is 10.3. The van der Waals surface area contributed by atoms with E-state index in [4.69, 9.17) is 11.2 Å². The van der Waals surface area contributed by atoms with Crippen LogP contribution in [0.15, 0.2) is 0 Å². The fourth-order valence-electron chi connectivity index (χ4n) is 3.49. The number of aliphatic carboxylic acids is 1. The number of carboxylic acids is 1. The third kappa shape index (κ3) is 8.75. The maximum Gasteiger partial charge on any atom is 0.326 e. The Morgan fingerprint density at radius 3 is 2.18 bits per heavy atom. The minimum Gasteiger partial charge on any atom is -0.480 e. The summed E-state index contributed by atoms with van der Waals surface area (Å²) in [6.45, 7) is 0. The van der Waals surface area contributed by atoms with Crippen molar-refractivity contribution in [2.24, 2.45) is 0 Å². The second-order valence-electron chi connectivity index (χ2n) is 7.27. The number of hydrogen-bond donors (Lipinski definition) is 2. The van der Waals surface area contributed by atoms with Gasteiger partial charge in [0, 0.05) is 13.5 Å². The predicted octanol–water partition coefficient (Wildman–Crippen LogP) is 3.03. The summed E-state index contributed by atoms with van der Waals surface area (Å²) >= 11 is 0. The van der Waals surface area contributed by atoms with Gasteiger partial charge in [0.05, 0.1) is 0 Å². The van der Waals surface area contributed by atoms with Crippen molar-refractivity contribution in [3.8, 4) is 12.3 Å². The first kappa shape index (κ1) is 24.0. The highest BCUT2D eigenvalue weighted by Crippen LogP contribution is 2.19. The lowest BCUT2D eigenvalue weighted by Crippen LogP contribution is -2.62. The number of unbranched alkanes of at least 4 members (excludes halogenated alkanes) is 10. The smallest absolute Gasteiger partial charge is 0.326 e. The molecule has 0 aliphatic carbocycles. The minimum absolute atomic E-state index is 0.341. The Balaban J connectivity index is 2.22.